The molecule has 5 nitrogen and oxygen atoms in total. The van der Waals surface area contributed by atoms with Gasteiger partial charge in [-0.3, -0.25) is 9.78 Å². The van der Waals surface area contributed by atoms with E-state index in [1.54, 1.807) is 41.0 Å². The van der Waals surface area contributed by atoms with E-state index in [0.29, 0.717) is 30.6 Å². The lowest BCUT2D eigenvalue weighted by molar-refractivity contribution is 0.0756. The minimum absolute atomic E-state index is 0.00604. The lowest BCUT2D eigenvalue weighted by atomic mass is 9.97. The summed E-state index contributed by atoms with van der Waals surface area (Å²) in [5, 5.41) is 11.1. The molecule has 134 valence electrons. The van der Waals surface area contributed by atoms with Crippen molar-refractivity contribution in [2.24, 2.45) is 13.0 Å². The molecule has 1 aliphatic rings. The number of carbonyl (C=O) groups excluding carboxylic acids is 1. The van der Waals surface area contributed by atoms with Gasteiger partial charge >= 0.3 is 0 Å². The molecule has 2 aromatic heterocycles. The van der Waals surface area contributed by atoms with Gasteiger partial charge in [0.15, 0.2) is 0 Å². The zero-order valence-electron chi connectivity index (χ0n) is 14.5. The van der Waals surface area contributed by atoms with E-state index in [2.05, 4.69) is 4.98 Å². The molecule has 0 radical (unpaired) electrons. The maximum Gasteiger partial charge on any atom is 0.270 e. The Hall–Kier alpha value is -2.73. The van der Waals surface area contributed by atoms with Gasteiger partial charge in [0.25, 0.3) is 5.91 Å². The van der Waals surface area contributed by atoms with Crippen molar-refractivity contribution in [2.75, 3.05) is 13.1 Å². The van der Waals surface area contributed by atoms with Crippen LogP contribution in [0.5, 0.6) is 0 Å². The first-order valence-electron chi connectivity index (χ1n) is 8.64. The molecule has 1 aliphatic heterocycles. The van der Waals surface area contributed by atoms with E-state index in [1.165, 1.54) is 12.1 Å². The molecule has 4 rings (SSSR count). The normalized spacial score (nSPS) is 20.0. The van der Waals surface area contributed by atoms with Gasteiger partial charge in [-0.15, -0.1) is 0 Å². The number of hydrogen-bond donors (Lipinski definition) is 1. The van der Waals surface area contributed by atoms with E-state index in [1.807, 2.05) is 12.1 Å². The maximum absolute atomic E-state index is 13.4. The molecule has 0 bridgehead atoms. The molecule has 0 unspecified atom stereocenters. The summed E-state index contributed by atoms with van der Waals surface area (Å²) in [6, 6.07) is 10.1. The number of hydrogen-bond acceptors (Lipinski definition) is 3. The van der Waals surface area contributed by atoms with Gasteiger partial charge in [0, 0.05) is 49.4 Å². The van der Waals surface area contributed by atoms with Crippen LogP contribution >= 0.6 is 0 Å². The van der Waals surface area contributed by atoms with Crippen LogP contribution in [0.2, 0.25) is 0 Å². The molecule has 1 N–H and O–H groups in total. The Labute approximate surface area is 150 Å². The molecular weight excluding hydrogens is 333 g/mol. The summed E-state index contributed by atoms with van der Waals surface area (Å²) in [6.07, 6.45) is 3.61. The van der Waals surface area contributed by atoms with Crippen molar-refractivity contribution < 1.29 is 14.3 Å². The van der Waals surface area contributed by atoms with Crippen molar-refractivity contribution in [1.82, 2.24) is 14.5 Å². The zero-order valence-corrected chi connectivity index (χ0v) is 14.5. The first-order chi connectivity index (χ1) is 12.5. The Morgan fingerprint density at radius 2 is 2.00 bits per heavy atom. The number of likely N-dealkylation sites (tertiary alicyclic amines) is 1. The molecule has 0 aliphatic carbocycles. The number of aromatic nitrogens is 2. The van der Waals surface area contributed by atoms with Gasteiger partial charge in [-0.2, -0.15) is 0 Å². The number of aliphatic hydroxyl groups excluding tert-OH is 1. The highest BCUT2D eigenvalue weighted by atomic mass is 19.1. The number of benzene rings is 1. The second-order valence-electron chi connectivity index (χ2n) is 6.89. The number of amides is 1. The van der Waals surface area contributed by atoms with E-state index in [-0.39, 0.29) is 17.6 Å². The summed E-state index contributed by atoms with van der Waals surface area (Å²) in [6.45, 7) is 0.808. The third kappa shape index (κ3) is 2.97. The molecule has 0 spiro atoms. The zero-order chi connectivity index (χ0) is 18.3. The third-order valence-electron chi connectivity index (χ3n) is 5.16. The van der Waals surface area contributed by atoms with E-state index in [4.69, 9.17) is 0 Å². The van der Waals surface area contributed by atoms with Crippen LogP contribution in [0.15, 0.2) is 48.8 Å². The maximum atomic E-state index is 13.4. The SMILES string of the molecule is Cn1c(C(=O)N2C[C@@H](Cc3ccncc3)[C@@H](O)C2)cc2cc(F)ccc21. The average Bonchev–Trinajstić information content (AvgIpc) is 3.15. The molecule has 3 heterocycles. The minimum atomic E-state index is -0.556. The lowest BCUT2D eigenvalue weighted by Gasteiger charge is -2.16. The molecule has 2 atom stereocenters. The third-order valence-corrected chi connectivity index (χ3v) is 5.16. The largest absolute Gasteiger partial charge is 0.391 e. The van der Waals surface area contributed by atoms with Crippen LogP contribution in [0.1, 0.15) is 16.1 Å². The average molecular weight is 353 g/mol. The van der Waals surface area contributed by atoms with Crippen LogP contribution < -0.4 is 0 Å². The van der Waals surface area contributed by atoms with Crippen molar-refractivity contribution in [2.45, 2.75) is 12.5 Å². The minimum Gasteiger partial charge on any atom is -0.391 e. The number of fused-ring (bicyclic) bond motifs is 1. The molecule has 1 amide bonds. The van der Waals surface area contributed by atoms with Crippen molar-refractivity contribution in [3.63, 3.8) is 0 Å². The summed E-state index contributed by atoms with van der Waals surface area (Å²) in [4.78, 5) is 18.6. The number of halogens is 1. The van der Waals surface area contributed by atoms with Crippen molar-refractivity contribution in [3.05, 3.63) is 65.9 Å². The van der Waals surface area contributed by atoms with Gasteiger partial charge in [0.1, 0.15) is 11.5 Å². The molecule has 26 heavy (non-hydrogen) atoms. The number of rotatable bonds is 3. The Morgan fingerprint density at radius 3 is 2.77 bits per heavy atom. The summed E-state index contributed by atoms with van der Waals surface area (Å²) in [5.41, 5.74) is 2.41. The molecule has 3 aromatic rings. The van der Waals surface area contributed by atoms with Gasteiger partial charge in [0.2, 0.25) is 0 Å². The number of nitrogens with zero attached hydrogens (tertiary/aromatic N) is 3. The van der Waals surface area contributed by atoms with Crippen molar-refractivity contribution >= 4 is 16.8 Å². The fourth-order valence-corrected chi connectivity index (χ4v) is 3.73. The second kappa shape index (κ2) is 6.53. The van der Waals surface area contributed by atoms with Gasteiger partial charge in [-0.1, -0.05) is 0 Å². The standard InChI is InChI=1S/C20H20FN3O2/c1-23-17-3-2-16(21)9-14(17)10-18(23)20(26)24-11-15(19(25)12-24)8-13-4-6-22-7-5-13/h2-7,9-10,15,19,25H,8,11-12H2,1H3/t15-,19+/m1/s1. The molecular formula is C20H20FN3O2. The fraction of sp³-hybridized carbons (Fsp3) is 0.300. The van der Waals surface area contributed by atoms with Crippen LogP contribution in [-0.4, -0.2) is 44.7 Å². The van der Waals surface area contributed by atoms with E-state index in [9.17, 15) is 14.3 Å². The second-order valence-corrected chi connectivity index (χ2v) is 6.89. The highest BCUT2D eigenvalue weighted by molar-refractivity contribution is 5.98. The first kappa shape index (κ1) is 16.7. The number of carbonyl (C=O) groups is 1. The van der Waals surface area contributed by atoms with Crippen LogP contribution in [0.25, 0.3) is 10.9 Å². The Balaban J connectivity index is 1.55. The molecule has 6 heteroatoms. The van der Waals surface area contributed by atoms with Crippen LogP contribution in [-0.2, 0) is 13.5 Å². The van der Waals surface area contributed by atoms with E-state index in [0.717, 1.165) is 11.1 Å². The molecule has 1 aromatic carbocycles. The van der Waals surface area contributed by atoms with Crippen LogP contribution in [0.4, 0.5) is 4.39 Å². The number of pyridine rings is 1. The Bertz CT molecular complexity index is 954. The van der Waals surface area contributed by atoms with Crippen molar-refractivity contribution in [1.29, 1.82) is 0 Å². The predicted octanol–water partition coefficient (Wildman–Crippen LogP) is 2.39. The van der Waals surface area contributed by atoms with E-state index < -0.39 is 6.10 Å². The van der Waals surface area contributed by atoms with E-state index >= 15 is 0 Å². The topological polar surface area (TPSA) is 58.4 Å². The summed E-state index contributed by atoms with van der Waals surface area (Å²) < 4.78 is 15.2. The fourth-order valence-electron chi connectivity index (χ4n) is 3.73. The van der Waals surface area contributed by atoms with Crippen LogP contribution in [0, 0.1) is 11.7 Å². The first-order valence-corrected chi connectivity index (χ1v) is 8.64. The summed E-state index contributed by atoms with van der Waals surface area (Å²) in [5.74, 6) is -0.468. The molecule has 1 fully saturated rings. The highest BCUT2D eigenvalue weighted by Crippen LogP contribution is 2.26. The molecule has 1 saturated heterocycles. The predicted molar refractivity (Wildman–Crippen MR) is 96.2 cm³/mol. The number of aryl methyl sites for hydroxylation is 1. The Kier molecular flexibility index (Phi) is 4.20. The van der Waals surface area contributed by atoms with Gasteiger partial charge in [-0.05, 0) is 48.4 Å². The lowest BCUT2D eigenvalue weighted by Crippen LogP contribution is -2.31. The monoisotopic (exact) mass is 353 g/mol. The smallest absolute Gasteiger partial charge is 0.270 e. The number of aliphatic hydroxyl groups is 1. The summed E-state index contributed by atoms with van der Waals surface area (Å²) in [7, 11) is 1.80. The van der Waals surface area contributed by atoms with Gasteiger partial charge in [0.05, 0.1) is 6.10 Å². The molecule has 0 saturated carbocycles. The summed E-state index contributed by atoms with van der Waals surface area (Å²) >= 11 is 0. The number of β-amino-alcohol motifs (C(OH)–C–C–N with tert-alkyl or cyclic N) is 1. The van der Waals surface area contributed by atoms with Crippen LogP contribution in [0.3, 0.4) is 0 Å². The highest BCUT2D eigenvalue weighted by Gasteiger charge is 2.35. The van der Waals surface area contributed by atoms with Gasteiger partial charge < -0.3 is 14.6 Å². The Morgan fingerprint density at radius 1 is 1.23 bits per heavy atom. The van der Waals surface area contributed by atoms with Crippen molar-refractivity contribution in [3.8, 4) is 0 Å². The van der Waals surface area contributed by atoms with Gasteiger partial charge in [-0.25, -0.2) is 4.39 Å². The quantitative estimate of drug-likeness (QED) is 0.787.